The number of allylic oxidation sites excluding steroid dienone is 1. The fourth-order valence-corrected chi connectivity index (χ4v) is 5.10. The lowest BCUT2D eigenvalue weighted by atomic mass is 9.99. The van der Waals surface area contributed by atoms with E-state index in [9.17, 15) is 9.59 Å². The van der Waals surface area contributed by atoms with Crippen molar-refractivity contribution in [1.29, 1.82) is 0 Å². The van der Waals surface area contributed by atoms with Crippen molar-refractivity contribution < 1.29 is 19.1 Å². The van der Waals surface area contributed by atoms with Crippen molar-refractivity contribution in [3.63, 3.8) is 0 Å². The van der Waals surface area contributed by atoms with Gasteiger partial charge in [0.2, 0.25) is 5.91 Å². The molecular formula is C36H35N3O4. The van der Waals surface area contributed by atoms with Crippen LogP contribution in [0, 0.1) is 0 Å². The summed E-state index contributed by atoms with van der Waals surface area (Å²) in [5.41, 5.74) is 5.74. The van der Waals surface area contributed by atoms with Crippen molar-refractivity contribution >= 4 is 34.0 Å². The molecule has 2 aromatic heterocycles. The van der Waals surface area contributed by atoms with Crippen molar-refractivity contribution in [2.75, 3.05) is 18.5 Å². The first-order chi connectivity index (χ1) is 21.0. The fraction of sp³-hybridized carbons (Fsp3) is 0.194. The number of nitrogens with zero attached hydrogens (tertiary/aromatic N) is 2. The Balaban J connectivity index is 1.31. The van der Waals surface area contributed by atoms with E-state index in [-0.39, 0.29) is 24.3 Å². The zero-order chi connectivity index (χ0) is 30.0. The summed E-state index contributed by atoms with van der Waals surface area (Å²) in [7, 11) is 0. The van der Waals surface area contributed by atoms with E-state index in [4.69, 9.17) is 9.47 Å². The van der Waals surface area contributed by atoms with E-state index < -0.39 is 0 Å². The molecule has 0 aliphatic rings. The lowest BCUT2D eigenvalue weighted by Gasteiger charge is -2.21. The number of benzene rings is 3. The highest BCUT2D eigenvalue weighted by Crippen LogP contribution is 2.32. The molecular weight excluding hydrogens is 538 g/mol. The van der Waals surface area contributed by atoms with E-state index >= 15 is 0 Å². The standard InChI is InChI=1S/C36H35N3O4/c1-3-42-35(41)16-10-22-43-33-15-8-7-14-31(33)38-34(40)23-26(2)28-17-18-32-29(24-28)19-21-39(32)36(27-11-5-4-6-12-27)30-13-9-20-37-25-30/h4-9,11-15,17-21,23-25,36H,3,10,16,22H2,1-2H3,(H,38,40)/b26-23+. The molecule has 5 rings (SSSR count). The lowest BCUT2D eigenvalue weighted by molar-refractivity contribution is -0.143. The first-order valence-electron chi connectivity index (χ1n) is 14.5. The highest BCUT2D eigenvalue weighted by atomic mass is 16.5. The molecule has 0 saturated heterocycles. The minimum Gasteiger partial charge on any atom is -0.491 e. The van der Waals surface area contributed by atoms with Gasteiger partial charge in [-0.3, -0.25) is 14.6 Å². The van der Waals surface area contributed by atoms with Crippen LogP contribution in [0.5, 0.6) is 5.75 Å². The topological polar surface area (TPSA) is 82.5 Å². The van der Waals surface area contributed by atoms with Crippen LogP contribution in [-0.4, -0.2) is 34.6 Å². The Bertz CT molecular complexity index is 1670. The smallest absolute Gasteiger partial charge is 0.305 e. The number of rotatable bonds is 12. The number of carbonyl (C=O) groups is 2. The quantitative estimate of drug-likeness (QED) is 0.0953. The number of hydrogen-bond donors (Lipinski definition) is 1. The van der Waals surface area contributed by atoms with Crippen LogP contribution in [0.1, 0.15) is 49.4 Å². The van der Waals surface area contributed by atoms with Crippen LogP contribution in [-0.2, 0) is 14.3 Å². The molecule has 0 bridgehead atoms. The van der Waals surface area contributed by atoms with Gasteiger partial charge >= 0.3 is 5.97 Å². The second kappa shape index (κ2) is 14.1. The Morgan fingerprint density at radius 3 is 2.53 bits per heavy atom. The van der Waals surface area contributed by atoms with Gasteiger partial charge in [-0.2, -0.15) is 0 Å². The molecule has 1 unspecified atom stereocenters. The zero-order valence-corrected chi connectivity index (χ0v) is 24.4. The van der Waals surface area contributed by atoms with Gasteiger partial charge in [0.1, 0.15) is 5.75 Å². The van der Waals surface area contributed by atoms with Gasteiger partial charge in [0.05, 0.1) is 24.9 Å². The molecule has 0 aliphatic heterocycles. The van der Waals surface area contributed by atoms with Crippen LogP contribution in [0.25, 0.3) is 16.5 Å². The van der Waals surface area contributed by atoms with Gasteiger partial charge in [0.25, 0.3) is 0 Å². The van der Waals surface area contributed by atoms with Crippen LogP contribution in [0.2, 0.25) is 0 Å². The summed E-state index contributed by atoms with van der Waals surface area (Å²) in [6, 6.07) is 30.1. The normalized spacial score (nSPS) is 12.1. The first kappa shape index (κ1) is 29.3. The molecule has 7 heteroatoms. The molecule has 0 fully saturated rings. The van der Waals surface area contributed by atoms with Crippen LogP contribution < -0.4 is 10.1 Å². The lowest BCUT2D eigenvalue weighted by Crippen LogP contribution is -2.11. The van der Waals surface area contributed by atoms with Crippen molar-refractivity contribution in [3.8, 4) is 5.75 Å². The molecule has 1 amide bonds. The number of carbonyl (C=O) groups excluding carboxylic acids is 2. The van der Waals surface area contributed by atoms with Gasteiger partial charge in [0, 0.05) is 42.0 Å². The molecule has 1 N–H and O–H groups in total. The van der Waals surface area contributed by atoms with Crippen molar-refractivity contribution in [2.45, 2.75) is 32.7 Å². The monoisotopic (exact) mass is 573 g/mol. The number of aromatic nitrogens is 2. The number of anilines is 1. The molecule has 2 heterocycles. The van der Waals surface area contributed by atoms with Gasteiger partial charge in [0.15, 0.2) is 0 Å². The molecule has 0 aliphatic carbocycles. The van der Waals surface area contributed by atoms with Gasteiger partial charge in [-0.05, 0) is 78.9 Å². The highest BCUT2D eigenvalue weighted by Gasteiger charge is 2.18. The molecule has 0 spiro atoms. The van der Waals surface area contributed by atoms with Gasteiger partial charge in [-0.1, -0.05) is 54.6 Å². The Kier molecular flexibility index (Phi) is 9.64. The van der Waals surface area contributed by atoms with Gasteiger partial charge < -0.3 is 19.4 Å². The number of hydrogen-bond acceptors (Lipinski definition) is 5. The number of ether oxygens (including phenoxy) is 2. The summed E-state index contributed by atoms with van der Waals surface area (Å²) >= 11 is 0. The van der Waals surface area contributed by atoms with Crippen LogP contribution in [0.3, 0.4) is 0 Å². The fourth-order valence-electron chi connectivity index (χ4n) is 5.10. The Morgan fingerprint density at radius 2 is 1.74 bits per heavy atom. The molecule has 5 aromatic rings. The summed E-state index contributed by atoms with van der Waals surface area (Å²) in [6.07, 6.45) is 8.22. The third-order valence-electron chi connectivity index (χ3n) is 7.15. The predicted molar refractivity (Wildman–Crippen MR) is 170 cm³/mol. The summed E-state index contributed by atoms with van der Waals surface area (Å²) in [5.74, 6) is 0.0566. The summed E-state index contributed by atoms with van der Waals surface area (Å²) in [6.45, 7) is 4.41. The van der Waals surface area contributed by atoms with Crippen molar-refractivity contribution in [1.82, 2.24) is 9.55 Å². The van der Waals surface area contributed by atoms with E-state index in [0.29, 0.717) is 31.1 Å². The maximum Gasteiger partial charge on any atom is 0.305 e. The highest BCUT2D eigenvalue weighted by molar-refractivity contribution is 6.05. The summed E-state index contributed by atoms with van der Waals surface area (Å²) in [4.78, 5) is 28.9. The van der Waals surface area contributed by atoms with Gasteiger partial charge in [-0.15, -0.1) is 0 Å². The SMILES string of the molecule is CCOC(=O)CCCOc1ccccc1NC(=O)/C=C(\C)c1ccc2c(ccn2C(c2ccccc2)c2cccnc2)c1. The van der Waals surface area contributed by atoms with E-state index in [1.165, 1.54) is 5.56 Å². The Labute approximate surface area is 251 Å². The second-order valence-electron chi connectivity index (χ2n) is 10.2. The largest absolute Gasteiger partial charge is 0.491 e. The average Bonchev–Trinajstić information content (AvgIpc) is 3.44. The third-order valence-corrected chi connectivity index (χ3v) is 7.15. The number of esters is 1. The van der Waals surface area contributed by atoms with Crippen LogP contribution in [0.4, 0.5) is 5.69 Å². The molecule has 0 saturated carbocycles. The number of amides is 1. The molecule has 43 heavy (non-hydrogen) atoms. The average molecular weight is 574 g/mol. The number of para-hydroxylation sites is 2. The third kappa shape index (κ3) is 7.38. The van der Waals surface area contributed by atoms with Crippen LogP contribution in [0.15, 0.2) is 116 Å². The maximum atomic E-state index is 13.0. The van der Waals surface area contributed by atoms with E-state index in [2.05, 4.69) is 69.6 Å². The molecule has 0 radical (unpaired) electrons. The summed E-state index contributed by atoms with van der Waals surface area (Å²) < 4.78 is 13.1. The number of pyridine rings is 1. The Hall–Kier alpha value is -5.17. The van der Waals surface area contributed by atoms with E-state index in [0.717, 1.165) is 27.6 Å². The van der Waals surface area contributed by atoms with Crippen molar-refractivity contribution in [2.24, 2.45) is 0 Å². The van der Waals surface area contributed by atoms with Gasteiger partial charge in [-0.25, -0.2) is 0 Å². The number of fused-ring (bicyclic) bond motifs is 1. The maximum absolute atomic E-state index is 13.0. The number of nitrogens with one attached hydrogen (secondary N) is 1. The minimum absolute atomic E-state index is 0.0203. The van der Waals surface area contributed by atoms with E-state index in [1.54, 1.807) is 31.3 Å². The van der Waals surface area contributed by atoms with Crippen molar-refractivity contribution in [3.05, 3.63) is 132 Å². The minimum atomic E-state index is -0.251. The Morgan fingerprint density at radius 1 is 0.953 bits per heavy atom. The molecule has 1 atom stereocenters. The van der Waals surface area contributed by atoms with Crippen LogP contribution >= 0.6 is 0 Å². The molecule has 7 nitrogen and oxygen atoms in total. The second-order valence-corrected chi connectivity index (χ2v) is 10.2. The predicted octanol–water partition coefficient (Wildman–Crippen LogP) is 7.44. The first-order valence-corrected chi connectivity index (χ1v) is 14.5. The zero-order valence-electron chi connectivity index (χ0n) is 24.4. The molecule has 3 aromatic carbocycles. The van der Waals surface area contributed by atoms with E-state index in [1.807, 2.05) is 43.5 Å². The summed E-state index contributed by atoms with van der Waals surface area (Å²) in [5, 5.41) is 4.01. The molecule has 218 valence electrons.